The highest BCUT2D eigenvalue weighted by Crippen LogP contribution is 2.18. The van der Waals surface area contributed by atoms with Crippen LogP contribution in [0.4, 0.5) is 5.69 Å². The van der Waals surface area contributed by atoms with E-state index in [1.165, 1.54) is 0 Å². The highest BCUT2D eigenvalue weighted by atomic mass is 16.2. The van der Waals surface area contributed by atoms with Crippen molar-refractivity contribution in [3.05, 3.63) is 66.2 Å². The number of rotatable bonds is 10. The van der Waals surface area contributed by atoms with Crippen molar-refractivity contribution in [2.45, 2.75) is 26.3 Å². The summed E-state index contributed by atoms with van der Waals surface area (Å²) in [6, 6.07) is 19.7. The summed E-state index contributed by atoms with van der Waals surface area (Å²) in [7, 11) is 4.03. The van der Waals surface area contributed by atoms with Crippen LogP contribution in [0.3, 0.4) is 0 Å². The molecule has 0 bridgehead atoms. The second kappa shape index (κ2) is 11.2. The molecule has 0 atom stereocenters. The normalized spacial score (nSPS) is 10.7. The maximum Gasteiger partial charge on any atom is 0.229 e. The summed E-state index contributed by atoms with van der Waals surface area (Å²) in [4.78, 5) is 30.7. The largest absolute Gasteiger partial charge is 0.342 e. The Morgan fingerprint density at radius 2 is 1.43 bits per heavy atom. The molecule has 5 nitrogen and oxygen atoms in total. The van der Waals surface area contributed by atoms with Gasteiger partial charge in [-0.15, -0.1) is 0 Å². The van der Waals surface area contributed by atoms with Crippen molar-refractivity contribution in [2.24, 2.45) is 0 Å². The fraction of sp³-hybridized carbons (Fsp3) is 0.391. The molecule has 28 heavy (non-hydrogen) atoms. The Bertz CT molecular complexity index is 732. The number of hydrogen-bond acceptors (Lipinski definition) is 3. The number of carbonyl (C=O) groups excluding carboxylic acids is 2. The maximum absolute atomic E-state index is 13.0. The Morgan fingerprint density at radius 1 is 0.821 bits per heavy atom. The van der Waals surface area contributed by atoms with Gasteiger partial charge in [0.25, 0.3) is 0 Å². The van der Waals surface area contributed by atoms with Gasteiger partial charge in [-0.2, -0.15) is 0 Å². The minimum absolute atomic E-state index is 0.0147. The van der Waals surface area contributed by atoms with Crippen molar-refractivity contribution in [3.63, 3.8) is 0 Å². The molecule has 2 aromatic carbocycles. The molecule has 150 valence electrons. The van der Waals surface area contributed by atoms with Gasteiger partial charge in [-0.25, -0.2) is 0 Å². The number of carbonyl (C=O) groups is 2. The third-order valence-corrected chi connectivity index (χ3v) is 4.63. The number of hydrogen-bond donors (Lipinski definition) is 0. The van der Waals surface area contributed by atoms with Crippen molar-refractivity contribution in [1.29, 1.82) is 0 Å². The van der Waals surface area contributed by atoms with Crippen LogP contribution in [0.2, 0.25) is 0 Å². The van der Waals surface area contributed by atoms with E-state index in [2.05, 4.69) is 4.90 Å². The van der Waals surface area contributed by atoms with Crippen LogP contribution in [0.1, 0.15) is 25.3 Å². The van der Waals surface area contributed by atoms with Crippen molar-refractivity contribution in [2.75, 3.05) is 38.6 Å². The van der Waals surface area contributed by atoms with Crippen molar-refractivity contribution >= 4 is 17.5 Å². The Balaban J connectivity index is 2.03. The lowest BCUT2D eigenvalue weighted by atomic mass is 10.1. The van der Waals surface area contributed by atoms with Gasteiger partial charge in [0.2, 0.25) is 11.8 Å². The summed E-state index contributed by atoms with van der Waals surface area (Å²) in [6.45, 7) is 4.12. The van der Waals surface area contributed by atoms with Crippen LogP contribution >= 0.6 is 0 Å². The van der Waals surface area contributed by atoms with E-state index in [0.29, 0.717) is 26.1 Å². The highest BCUT2D eigenvalue weighted by Gasteiger charge is 2.18. The number of para-hydroxylation sites is 1. The average Bonchev–Trinajstić information content (AvgIpc) is 2.69. The van der Waals surface area contributed by atoms with Crippen LogP contribution in [0.5, 0.6) is 0 Å². The van der Waals surface area contributed by atoms with Gasteiger partial charge in [-0.05, 0) is 44.8 Å². The minimum Gasteiger partial charge on any atom is -0.342 e. The van der Waals surface area contributed by atoms with Crippen LogP contribution in [0, 0.1) is 0 Å². The summed E-state index contributed by atoms with van der Waals surface area (Å²) < 4.78 is 0. The molecule has 0 spiro atoms. The molecule has 2 amide bonds. The lowest BCUT2D eigenvalue weighted by molar-refractivity contribution is -0.129. The molecule has 0 aliphatic carbocycles. The first-order valence-electron chi connectivity index (χ1n) is 9.77. The van der Waals surface area contributed by atoms with E-state index < -0.39 is 0 Å². The van der Waals surface area contributed by atoms with Crippen LogP contribution in [-0.4, -0.2) is 55.3 Å². The summed E-state index contributed by atoms with van der Waals surface area (Å²) in [6.07, 6.45) is 1.20. The van der Waals surface area contributed by atoms with Crippen LogP contribution in [0.15, 0.2) is 60.7 Å². The maximum atomic E-state index is 13.0. The van der Waals surface area contributed by atoms with E-state index >= 15 is 0 Å². The number of anilines is 1. The second-order valence-corrected chi connectivity index (χ2v) is 7.21. The Labute approximate surface area is 168 Å². The molecule has 0 aliphatic rings. The lowest BCUT2D eigenvalue weighted by Crippen LogP contribution is -2.37. The van der Waals surface area contributed by atoms with E-state index in [-0.39, 0.29) is 11.8 Å². The average molecular weight is 382 g/mol. The number of nitrogens with zero attached hydrogens (tertiary/aromatic N) is 3. The standard InChI is InChI=1S/C23H31N3O2/c1-20(27)25(17-10-16-24(2)3)18-15-23(28)26(22-13-8-5-9-14-22)19-21-11-6-4-7-12-21/h4-9,11-14H,10,15-19H2,1-3H3. The second-order valence-electron chi connectivity index (χ2n) is 7.21. The first-order chi connectivity index (χ1) is 13.5. The van der Waals surface area contributed by atoms with Crippen LogP contribution in [0.25, 0.3) is 0 Å². The van der Waals surface area contributed by atoms with Gasteiger partial charge in [-0.1, -0.05) is 48.5 Å². The molecule has 0 N–H and O–H groups in total. The van der Waals surface area contributed by atoms with Crippen LogP contribution in [-0.2, 0) is 16.1 Å². The predicted molar refractivity (Wildman–Crippen MR) is 114 cm³/mol. The zero-order valence-electron chi connectivity index (χ0n) is 17.2. The molecule has 0 fully saturated rings. The molecule has 0 aliphatic heterocycles. The Morgan fingerprint density at radius 3 is 2.00 bits per heavy atom. The van der Waals surface area contributed by atoms with E-state index in [0.717, 1.165) is 24.2 Å². The van der Waals surface area contributed by atoms with Gasteiger partial charge >= 0.3 is 0 Å². The molecule has 2 rings (SSSR count). The molecular formula is C23H31N3O2. The Hall–Kier alpha value is -2.66. The first-order valence-corrected chi connectivity index (χ1v) is 9.77. The van der Waals surface area contributed by atoms with Gasteiger partial charge in [0, 0.05) is 32.1 Å². The van der Waals surface area contributed by atoms with Gasteiger partial charge in [0.05, 0.1) is 6.54 Å². The van der Waals surface area contributed by atoms with Gasteiger partial charge < -0.3 is 14.7 Å². The van der Waals surface area contributed by atoms with Crippen LogP contribution < -0.4 is 4.90 Å². The molecule has 0 radical (unpaired) electrons. The number of benzene rings is 2. The summed E-state index contributed by atoms with van der Waals surface area (Å²) >= 11 is 0. The van der Waals surface area contributed by atoms with E-state index in [9.17, 15) is 9.59 Å². The lowest BCUT2D eigenvalue weighted by Gasteiger charge is -2.26. The topological polar surface area (TPSA) is 43.9 Å². The zero-order chi connectivity index (χ0) is 20.4. The predicted octanol–water partition coefficient (Wildman–Crippen LogP) is 3.41. The van der Waals surface area contributed by atoms with Crippen molar-refractivity contribution < 1.29 is 9.59 Å². The van der Waals surface area contributed by atoms with E-state index in [1.807, 2.05) is 74.8 Å². The fourth-order valence-corrected chi connectivity index (χ4v) is 3.07. The zero-order valence-corrected chi connectivity index (χ0v) is 17.2. The molecule has 0 heterocycles. The van der Waals surface area contributed by atoms with Gasteiger partial charge in [0.15, 0.2) is 0 Å². The van der Waals surface area contributed by atoms with Crippen molar-refractivity contribution in [1.82, 2.24) is 9.80 Å². The Kier molecular flexibility index (Phi) is 8.69. The monoisotopic (exact) mass is 381 g/mol. The molecule has 5 heteroatoms. The quantitative estimate of drug-likeness (QED) is 0.633. The highest BCUT2D eigenvalue weighted by molar-refractivity contribution is 5.93. The van der Waals surface area contributed by atoms with E-state index in [4.69, 9.17) is 0 Å². The van der Waals surface area contributed by atoms with E-state index in [1.54, 1.807) is 16.7 Å². The molecule has 0 aromatic heterocycles. The SMILES string of the molecule is CC(=O)N(CCCN(C)C)CCC(=O)N(Cc1ccccc1)c1ccccc1. The molecule has 0 saturated carbocycles. The summed E-state index contributed by atoms with van der Waals surface area (Å²) in [5, 5.41) is 0. The van der Waals surface area contributed by atoms with Gasteiger partial charge in [-0.3, -0.25) is 9.59 Å². The number of amides is 2. The summed E-state index contributed by atoms with van der Waals surface area (Å²) in [5.74, 6) is 0.0368. The minimum atomic E-state index is 0.0147. The van der Waals surface area contributed by atoms with Gasteiger partial charge in [0.1, 0.15) is 0 Å². The summed E-state index contributed by atoms with van der Waals surface area (Å²) in [5.41, 5.74) is 1.95. The fourth-order valence-electron chi connectivity index (χ4n) is 3.07. The van der Waals surface area contributed by atoms with Crippen molar-refractivity contribution in [3.8, 4) is 0 Å². The molecule has 0 unspecified atom stereocenters. The molecule has 0 saturated heterocycles. The third-order valence-electron chi connectivity index (χ3n) is 4.63. The molecular weight excluding hydrogens is 350 g/mol. The third kappa shape index (κ3) is 7.16. The molecule has 2 aromatic rings. The first kappa shape index (κ1) is 21.6. The smallest absolute Gasteiger partial charge is 0.229 e.